The maximum Gasteiger partial charge on any atom is 0.0684 e. The van der Waals surface area contributed by atoms with E-state index in [4.69, 9.17) is 5.11 Å². The summed E-state index contributed by atoms with van der Waals surface area (Å²) in [7, 11) is 0. The Morgan fingerprint density at radius 1 is 1.50 bits per heavy atom. The first-order valence-corrected chi connectivity index (χ1v) is 4.10. The summed E-state index contributed by atoms with van der Waals surface area (Å²) in [5.41, 5.74) is 2.15. The van der Waals surface area contributed by atoms with E-state index in [0.29, 0.717) is 5.92 Å². The smallest absolute Gasteiger partial charge is 0.0684 e. The fourth-order valence-corrected chi connectivity index (χ4v) is 1.25. The Morgan fingerprint density at radius 2 is 2.17 bits per heavy atom. The number of rotatable bonds is 3. The van der Waals surface area contributed by atoms with Crippen molar-refractivity contribution in [3.05, 3.63) is 48.0 Å². The first kappa shape index (κ1) is 9.01. The Morgan fingerprint density at radius 3 is 2.75 bits per heavy atom. The summed E-state index contributed by atoms with van der Waals surface area (Å²) in [5.74, 6) is 0.313. The van der Waals surface area contributed by atoms with E-state index >= 15 is 0 Å². The number of allylic oxidation sites excluding steroid dienone is 1. The maximum absolute atomic E-state index is 9.03. The molecule has 0 saturated carbocycles. The predicted octanol–water partition coefficient (Wildman–Crippen LogP) is 2.47. The number of hydrogen-bond donors (Lipinski definition) is 1. The van der Waals surface area contributed by atoms with Crippen LogP contribution in [0, 0.1) is 0 Å². The summed E-state index contributed by atoms with van der Waals surface area (Å²) in [5, 5.41) is 9.03. The highest BCUT2D eigenvalue weighted by Crippen LogP contribution is 2.20. The van der Waals surface area contributed by atoms with Gasteiger partial charge in [-0.2, -0.15) is 0 Å². The first-order valence-electron chi connectivity index (χ1n) is 4.10. The lowest BCUT2D eigenvalue weighted by molar-refractivity contribution is 0.280. The molecule has 0 aliphatic heterocycles. The molecule has 1 N–H and O–H groups in total. The summed E-state index contributed by atoms with van der Waals surface area (Å²) >= 11 is 0. The standard InChI is InChI=1S/C11H14O/c1-3-9(2)11-7-5-4-6-10(11)8-12/h3-7,9,12H,1,8H2,2H3. The third-order valence-corrected chi connectivity index (χ3v) is 2.07. The molecule has 0 fully saturated rings. The van der Waals surface area contributed by atoms with Crippen molar-refractivity contribution in [2.75, 3.05) is 0 Å². The van der Waals surface area contributed by atoms with Crippen molar-refractivity contribution in [1.82, 2.24) is 0 Å². The van der Waals surface area contributed by atoms with E-state index in [-0.39, 0.29) is 6.61 Å². The van der Waals surface area contributed by atoms with Crippen LogP contribution in [0.15, 0.2) is 36.9 Å². The minimum Gasteiger partial charge on any atom is -0.392 e. The lowest BCUT2D eigenvalue weighted by atomic mass is 9.96. The van der Waals surface area contributed by atoms with Crippen LogP contribution in [0.3, 0.4) is 0 Å². The summed E-state index contributed by atoms with van der Waals surface area (Å²) in [6, 6.07) is 7.88. The molecule has 1 heteroatoms. The molecule has 1 aromatic rings. The predicted molar refractivity (Wildman–Crippen MR) is 51.0 cm³/mol. The third kappa shape index (κ3) is 1.74. The maximum atomic E-state index is 9.03. The molecule has 0 bridgehead atoms. The normalized spacial score (nSPS) is 12.5. The van der Waals surface area contributed by atoms with E-state index < -0.39 is 0 Å². The van der Waals surface area contributed by atoms with Gasteiger partial charge in [0.05, 0.1) is 6.61 Å². The van der Waals surface area contributed by atoms with Gasteiger partial charge in [-0.25, -0.2) is 0 Å². The quantitative estimate of drug-likeness (QED) is 0.677. The van der Waals surface area contributed by atoms with Crippen molar-refractivity contribution < 1.29 is 5.11 Å². The molecule has 0 amide bonds. The van der Waals surface area contributed by atoms with E-state index in [1.54, 1.807) is 0 Å². The minimum atomic E-state index is 0.106. The van der Waals surface area contributed by atoms with Gasteiger partial charge in [-0.05, 0) is 17.0 Å². The molecule has 0 radical (unpaired) electrons. The Kier molecular flexibility index (Phi) is 3.06. The van der Waals surface area contributed by atoms with Crippen molar-refractivity contribution in [1.29, 1.82) is 0 Å². The monoisotopic (exact) mass is 162 g/mol. The highest BCUT2D eigenvalue weighted by atomic mass is 16.3. The van der Waals surface area contributed by atoms with Crippen molar-refractivity contribution >= 4 is 0 Å². The number of aliphatic hydroxyl groups excluding tert-OH is 1. The zero-order valence-corrected chi connectivity index (χ0v) is 7.33. The van der Waals surface area contributed by atoms with E-state index in [1.807, 2.05) is 30.3 Å². The van der Waals surface area contributed by atoms with Crippen LogP contribution >= 0.6 is 0 Å². The summed E-state index contributed by atoms with van der Waals surface area (Å²) in [4.78, 5) is 0. The van der Waals surface area contributed by atoms with Crippen molar-refractivity contribution in [3.63, 3.8) is 0 Å². The van der Waals surface area contributed by atoms with E-state index in [1.165, 1.54) is 0 Å². The van der Waals surface area contributed by atoms with Crippen LogP contribution in [-0.4, -0.2) is 5.11 Å². The van der Waals surface area contributed by atoms with Crippen LogP contribution in [0.1, 0.15) is 24.0 Å². The average molecular weight is 162 g/mol. The lowest BCUT2D eigenvalue weighted by Crippen LogP contribution is -1.95. The molecular formula is C11H14O. The number of benzene rings is 1. The largest absolute Gasteiger partial charge is 0.392 e. The van der Waals surface area contributed by atoms with Gasteiger partial charge in [-0.15, -0.1) is 6.58 Å². The van der Waals surface area contributed by atoms with E-state index in [0.717, 1.165) is 11.1 Å². The Bertz CT molecular complexity index is 265. The van der Waals surface area contributed by atoms with Crippen LogP contribution in [0.5, 0.6) is 0 Å². The molecule has 64 valence electrons. The lowest BCUT2D eigenvalue weighted by Gasteiger charge is -2.10. The van der Waals surface area contributed by atoms with Gasteiger partial charge in [0.25, 0.3) is 0 Å². The Labute approximate surface area is 73.4 Å². The molecule has 1 nitrogen and oxygen atoms in total. The van der Waals surface area contributed by atoms with Gasteiger partial charge < -0.3 is 5.11 Å². The molecule has 0 aliphatic carbocycles. The molecule has 12 heavy (non-hydrogen) atoms. The van der Waals surface area contributed by atoms with Gasteiger partial charge in [-0.1, -0.05) is 37.3 Å². The van der Waals surface area contributed by atoms with Gasteiger partial charge in [0.2, 0.25) is 0 Å². The second-order valence-corrected chi connectivity index (χ2v) is 2.88. The van der Waals surface area contributed by atoms with Gasteiger partial charge in [0.1, 0.15) is 0 Å². The average Bonchev–Trinajstić information content (AvgIpc) is 2.16. The van der Waals surface area contributed by atoms with Crippen molar-refractivity contribution in [3.8, 4) is 0 Å². The number of aliphatic hydroxyl groups is 1. The van der Waals surface area contributed by atoms with Crippen molar-refractivity contribution in [2.24, 2.45) is 0 Å². The van der Waals surface area contributed by atoms with E-state index in [9.17, 15) is 0 Å². The molecular weight excluding hydrogens is 148 g/mol. The van der Waals surface area contributed by atoms with Gasteiger partial charge >= 0.3 is 0 Å². The zero-order valence-electron chi connectivity index (χ0n) is 7.33. The second kappa shape index (κ2) is 4.07. The Balaban J connectivity index is 3.04. The van der Waals surface area contributed by atoms with Crippen molar-refractivity contribution in [2.45, 2.75) is 19.4 Å². The zero-order chi connectivity index (χ0) is 8.97. The van der Waals surface area contributed by atoms with Gasteiger partial charge in [-0.3, -0.25) is 0 Å². The van der Waals surface area contributed by atoms with Gasteiger partial charge in [0.15, 0.2) is 0 Å². The van der Waals surface area contributed by atoms with Gasteiger partial charge in [0, 0.05) is 0 Å². The molecule has 0 spiro atoms. The highest BCUT2D eigenvalue weighted by Gasteiger charge is 2.04. The molecule has 0 aromatic heterocycles. The molecule has 1 aromatic carbocycles. The molecule has 0 heterocycles. The summed E-state index contributed by atoms with van der Waals surface area (Å²) < 4.78 is 0. The van der Waals surface area contributed by atoms with Crippen LogP contribution in [0.4, 0.5) is 0 Å². The SMILES string of the molecule is C=CC(C)c1ccccc1CO. The second-order valence-electron chi connectivity index (χ2n) is 2.88. The fourth-order valence-electron chi connectivity index (χ4n) is 1.25. The summed E-state index contributed by atoms with van der Waals surface area (Å²) in [6.07, 6.45) is 1.88. The topological polar surface area (TPSA) is 20.2 Å². The number of hydrogen-bond acceptors (Lipinski definition) is 1. The third-order valence-electron chi connectivity index (χ3n) is 2.07. The van der Waals surface area contributed by atoms with E-state index in [2.05, 4.69) is 13.5 Å². The minimum absolute atomic E-state index is 0.106. The molecule has 0 aliphatic rings. The van der Waals surface area contributed by atoms with Crippen LogP contribution in [0.25, 0.3) is 0 Å². The fraction of sp³-hybridized carbons (Fsp3) is 0.273. The molecule has 1 atom stereocenters. The molecule has 1 rings (SSSR count). The molecule has 0 saturated heterocycles. The molecule has 1 unspecified atom stereocenters. The summed E-state index contributed by atoms with van der Waals surface area (Å²) in [6.45, 7) is 5.91. The van der Waals surface area contributed by atoms with Crippen LogP contribution < -0.4 is 0 Å². The van der Waals surface area contributed by atoms with Crippen LogP contribution in [-0.2, 0) is 6.61 Å². The van der Waals surface area contributed by atoms with Crippen LogP contribution in [0.2, 0.25) is 0 Å². The highest BCUT2D eigenvalue weighted by molar-refractivity contribution is 5.31. The first-order chi connectivity index (χ1) is 5.79. The Hall–Kier alpha value is -1.08.